The zero-order valence-corrected chi connectivity index (χ0v) is 11.2. The van der Waals surface area contributed by atoms with Crippen LogP contribution in [0.25, 0.3) is 0 Å². The van der Waals surface area contributed by atoms with Crippen LogP contribution >= 0.6 is 11.6 Å². The molecule has 1 saturated carbocycles. The van der Waals surface area contributed by atoms with Crippen LogP contribution in [0, 0.1) is 5.41 Å². The van der Waals surface area contributed by atoms with Crippen molar-refractivity contribution in [2.45, 2.75) is 31.6 Å². The first kappa shape index (κ1) is 13.9. The van der Waals surface area contributed by atoms with E-state index < -0.39 is 35.2 Å². The maximum atomic E-state index is 14.0. The van der Waals surface area contributed by atoms with Gasteiger partial charge in [-0.1, -0.05) is 11.6 Å². The SMILES string of the molecule is FC(F)c1ncc(N2CCC3(CC3)C(F)(F)C2)nc1Cl. The van der Waals surface area contributed by atoms with E-state index in [1.807, 2.05) is 0 Å². The molecule has 0 radical (unpaired) electrons. The molecule has 0 bridgehead atoms. The van der Waals surface area contributed by atoms with Crippen LogP contribution in [0.3, 0.4) is 0 Å². The Hall–Kier alpha value is -1.11. The van der Waals surface area contributed by atoms with E-state index in [2.05, 4.69) is 9.97 Å². The molecule has 0 amide bonds. The first-order chi connectivity index (χ1) is 9.35. The molecule has 1 aliphatic carbocycles. The molecule has 20 heavy (non-hydrogen) atoms. The fourth-order valence-corrected chi connectivity index (χ4v) is 2.86. The molecule has 0 atom stereocenters. The molecule has 2 heterocycles. The molecule has 1 spiro atoms. The molecule has 0 N–H and O–H groups in total. The van der Waals surface area contributed by atoms with E-state index in [4.69, 9.17) is 11.6 Å². The van der Waals surface area contributed by atoms with Gasteiger partial charge in [0.25, 0.3) is 12.3 Å². The first-order valence-electron chi connectivity index (χ1n) is 6.28. The summed E-state index contributed by atoms with van der Waals surface area (Å²) in [5.74, 6) is -2.67. The normalized spacial score (nSPS) is 23.4. The summed E-state index contributed by atoms with van der Waals surface area (Å²) >= 11 is 5.62. The van der Waals surface area contributed by atoms with Gasteiger partial charge in [0.1, 0.15) is 11.5 Å². The second-order valence-corrected chi connectivity index (χ2v) is 5.72. The van der Waals surface area contributed by atoms with Gasteiger partial charge < -0.3 is 4.90 Å². The van der Waals surface area contributed by atoms with E-state index in [9.17, 15) is 17.6 Å². The Bertz CT molecular complexity index is 533. The third-order valence-electron chi connectivity index (χ3n) is 4.15. The lowest BCUT2D eigenvalue weighted by Gasteiger charge is -2.39. The van der Waals surface area contributed by atoms with Crippen LogP contribution in [0.4, 0.5) is 23.4 Å². The summed E-state index contributed by atoms with van der Waals surface area (Å²) in [6.07, 6.45) is -0.291. The Morgan fingerprint density at radius 2 is 1.95 bits per heavy atom. The number of hydrogen-bond donors (Lipinski definition) is 0. The number of nitrogens with zero attached hydrogens (tertiary/aromatic N) is 3. The van der Waals surface area contributed by atoms with Crippen LogP contribution in [0.2, 0.25) is 5.15 Å². The topological polar surface area (TPSA) is 29.0 Å². The molecular formula is C12H12ClF4N3. The number of piperidine rings is 1. The van der Waals surface area contributed by atoms with Crippen LogP contribution in [-0.2, 0) is 0 Å². The van der Waals surface area contributed by atoms with Crippen molar-refractivity contribution in [3.05, 3.63) is 17.0 Å². The molecule has 1 saturated heterocycles. The van der Waals surface area contributed by atoms with Crippen molar-refractivity contribution in [2.24, 2.45) is 5.41 Å². The number of anilines is 1. The van der Waals surface area contributed by atoms with E-state index in [1.54, 1.807) is 0 Å². The summed E-state index contributed by atoms with van der Waals surface area (Å²) < 4.78 is 53.1. The molecule has 1 aromatic rings. The monoisotopic (exact) mass is 309 g/mol. The number of hydrogen-bond acceptors (Lipinski definition) is 3. The van der Waals surface area contributed by atoms with Gasteiger partial charge in [-0.2, -0.15) is 0 Å². The predicted molar refractivity (Wildman–Crippen MR) is 65.4 cm³/mol. The van der Waals surface area contributed by atoms with Crippen molar-refractivity contribution in [1.29, 1.82) is 0 Å². The fraction of sp³-hybridized carbons (Fsp3) is 0.667. The van der Waals surface area contributed by atoms with Gasteiger partial charge in [0, 0.05) is 12.0 Å². The predicted octanol–water partition coefficient (Wildman–Crippen LogP) is 3.69. The molecule has 8 heteroatoms. The largest absolute Gasteiger partial charge is 0.349 e. The summed E-state index contributed by atoms with van der Waals surface area (Å²) in [6, 6.07) is 0. The highest BCUT2D eigenvalue weighted by molar-refractivity contribution is 6.30. The molecule has 3 rings (SSSR count). The van der Waals surface area contributed by atoms with Crippen LogP contribution in [-0.4, -0.2) is 29.0 Å². The first-order valence-corrected chi connectivity index (χ1v) is 6.66. The molecule has 0 unspecified atom stereocenters. The standard InChI is InChI=1S/C12H12ClF4N3/c13-9-8(10(14)15)18-5-7(19-9)20-4-3-11(1-2-11)12(16,17)6-20/h5,10H,1-4,6H2. The average Bonchev–Trinajstić information content (AvgIpc) is 3.14. The van der Waals surface area contributed by atoms with Gasteiger partial charge in [-0.05, 0) is 19.3 Å². The Kier molecular flexibility index (Phi) is 3.08. The Morgan fingerprint density at radius 3 is 2.45 bits per heavy atom. The van der Waals surface area contributed by atoms with E-state index in [1.165, 1.54) is 4.90 Å². The minimum atomic E-state index is -2.83. The third kappa shape index (κ3) is 2.12. The highest BCUT2D eigenvalue weighted by Crippen LogP contribution is 2.61. The molecular weight excluding hydrogens is 298 g/mol. The average molecular weight is 310 g/mol. The number of rotatable bonds is 2. The minimum absolute atomic E-state index is 0.120. The molecule has 1 aromatic heterocycles. The maximum Gasteiger partial charge on any atom is 0.283 e. The minimum Gasteiger partial charge on any atom is -0.349 e. The number of aromatic nitrogens is 2. The van der Waals surface area contributed by atoms with E-state index in [0.717, 1.165) is 6.20 Å². The van der Waals surface area contributed by atoms with E-state index in [0.29, 0.717) is 25.8 Å². The van der Waals surface area contributed by atoms with E-state index in [-0.39, 0.29) is 5.82 Å². The lowest BCUT2D eigenvalue weighted by Crippen LogP contribution is -2.50. The lowest BCUT2D eigenvalue weighted by atomic mass is 9.89. The molecule has 2 aliphatic rings. The molecule has 110 valence electrons. The van der Waals surface area contributed by atoms with Crippen molar-refractivity contribution in [3.63, 3.8) is 0 Å². The van der Waals surface area contributed by atoms with Crippen LogP contribution in [0.5, 0.6) is 0 Å². The summed E-state index contributed by atoms with van der Waals surface area (Å²) in [4.78, 5) is 8.65. The van der Waals surface area contributed by atoms with Gasteiger partial charge in [0.2, 0.25) is 0 Å². The van der Waals surface area contributed by atoms with Crippen molar-refractivity contribution in [2.75, 3.05) is 18.0 Å². The summed E-state index contributed by atoms with van der Waals surface area (Å²) in [5, 5.41) is -0.437. The highest BCUT2D eigenvalue weighted by atomic mass is 35.5. The van der Waals surface area contributed by atoms with Gasteiger partial charge in [-0.15, -0.1) is 0 Å². The summed E-state index contributed by atoms with van der Waals surface area (Å²) in [6.45, 7) is -0.0549. The van der Waals surface area contributed by atoms with Crippen molar-refractivity contribution in [1.82, 2.24) is 9.97 Å². The van der Waals surface area contributed by atoms with Gasteiger partial charge in [-0.3, -0.25) is 0 Å². The van der Waals surface area contributed by atoms with Gasteiger partial charge >= 0.3 is 0 Å². The van der Waals surface area contributed by atoms with Crippen LogP contribution in [0.15, 0.2) is 6.20 Å². The zero-order chi connectivity index (χ0) is 14.5. The highest BCUT2D eigenvalue weighted by Gasteiger charge is 2.63. The quantitative estimate of drug-likeness (QED) is 0.780. The molecule has 1 aliphatic heterocycles. The number of alkyl halides is 4. The molecule has 0 aromatic carbocycles. The maximum absolute atomic E-state index is 14.0. The van der Waals surface area contributed by atoms with Crippen molar-refractivity contribution >= 4 is 17.4 Å². The van der Waals surface area contributed by atoms with Crippen LogP contribution in [0.1, 0.15) is 31.4 Å². The lowest BCUT2D eigenvalue weighted by molar-refractivity contribution is -0.0795. The molecule has 2 fully saturated rings. The summed E-state index contributed by atoms with van der Waals surface area (Å²) in [7, 11) is 0. The second kappa shape index (κ2) is 4.44. The van der Waals surface area contributed by atoms with E-state index >= 15 is 0 Å². The van der Waals surface area contributed by atoms with Gasteiger partial charge in [0.15, 0.2) is 5.15 Å². The smallest absolute Gasteiger partial charge is 0.283 e. The van der Waals surface area contributed by atoms with Crippen LogP contribution < -0.4 is 4.90 Å². The van der Waals surface area contributed by atoms with Crippen molar-refractivity contribution in [3.8, 4) is 0 Å². The molecule has 3 nitrogen and oxygen atoms in total. The number of halogens is 5. The Morgan fingerprint density at radius 1 is 1.25 bits per heavy atom. The Balaban J connectivity index is 1.82. The van der Waals surface area contributed by atoms with Gasteiger partial charge in [-0.25, -0.2) is 27.5 Å². The Labute approximate surface area is 118 Å². The van der Waals surface area contributed by atoms with Crippen molar-refractivity contribution < 1.29 is 17.6 Å². The fourth-order valence-electron chi connectivity index (χ4n) is 2.65. The van der Waals surface area contributed by atoms with Gasteiger partial charge in [0.05, 0.1) is 12.7 Å². The third-order valence-corrected chi connectivity index (χ3v) is 4.43. The summed E-state index contributed by atoms with van der Waals surface area (Å²) in [5.41, 5.74) is -1.48. The zero-order valence-electron chi connectivity index (χ0n) is 10.4. The second-order valence-electron chi connectivity index (χ2n) is 5.36.